The lowest BCUT2D eigenvalue weighted by Gasteiger charge is -2.36. The molecule has 28 heavy (non-hydrogen) atoms. The van der Waals surface area contributed by atoms with Crippen LogP contribution in [0.15, 0.2) is 24.3 Å². The van der Waals surface area contributed by atoms with Crippen LogP contribution >= 0.6 is 0 Å². The molecule has 3 heterocycles. The van der Waals surface area contributed by atoms with Gasteiger partial charge >= 0.3 is 6.03 Å². The molecule has 0 unspecified atom stereocenters. The molecule has 3 fully saturated rings. The van der Waals surface area contributed by atoms with Gasteiger partial charge in [-0.15, -0.1) is 0 Å². The zero-order valence-corrected chi connectivity index (χ0v) is 16.7. The number of hydrogen-bond acceptors (Lipinski definition) is 5. The molecule has 152 valence electrons. The maximum absolute atomic E-state index is 12.5. The Morgan fingerprint density at radius 3 is 2.54 bits per heavy atom. The van der Waals surface area contributed by atoms with E-state index in [1.807, 2.05) is 18.2 Å². The minimum Gasteiger partial charge on any atom is -0.495 e. The molecule has 3 amide bonds. The van der Waals surface area contributed by atoms with Crippen molar-refractivity contribution in [1.82, 2.24) is 14.7 Å². The van der Waals surface area contributed by atoms with Gasteiger partial charge in [-0.25, -0.2) is 4.79 Å². The van der Waals surface area contributed by atoms with Crippen LogP contribution in [-0.2, 0) is 4.79 Å². The second-order valence-electron chi connectivity index (χ2n) is 7.83. The smallest absolute Gasteiger partial charge is 0.327 e. The fraction of sp³-hybridized carbons (Fsp3) is 0.619. The van der Waals surface area contributed by atoms with Crippen LogP contribution < -0.4 is 9.64 Å². The number of methoxy groups -OCH3 is 1. The lowest BCUT2D eigenvalue weighted by Crippen LogP contribution is -2.47. The predicted octanol–water partition coefficient (Wildman–Crippen LogP) is 2.02. The first kappa shape index (κ1) is 19.1. The van der Waals surface area contributed by atoms with Gasteiger partial charge in [-0.05, 0) is 44.4 Å². The van der Waals surface area contributed by atoms with E-state index in [2.05, 4.69) is 15.9 Å². The average molecular weight is 386 g/mol. The molecule has 7 nitrogen and oxygen atoms in total. The molecule has 1 atom stereocenters. The van der Waals surface area contributed by atoms with E-state index in [4.69, 9.17) is 4.74 Å². The summed E-state index contributed by atoms with van der Waals surface area (Å²) < 4.78 is 5.48. The summed E-state index contributed by atoms with van der Waals surface area (Å²) >= 11 is 0. The summed E-state index contributed by atoms with van der Waals surface area (Å²) in [5.41, 5.74) is 1.15. The number of benzene rings is 1. The van der Waals surface area contributed by atoms with Crippen LogP contribution in [0, 0.1) is 0 Å². The first-order valence-electron chi connectivity index (χ1n) is 10.4. The van der Waals surface area contributed by atoms with E-state index in [0.717, 1.165) is 76.4 Å². The third kappa shape index (κ3) is 3.68. The maximum Gasteiger partial charge on any atom is 0.327 e. The number of nitrogens with zero attached hydrogens (tertiary/aromatic N) is 4. The quantitative estimate of drug-likeness (QED) is 0.700. The lowest BCUT2D eigenvalue weighted by atomic mass is 10.0. The Bertz CT molecular complexity index is 693. The van der Waals surface area contributed by atoms with Crippen molar-refractivity contribution in [2.75, 3.05) is 57.8 Å². The average Bonchev–Trinajstić information content (AvgIpc) is 2.99. The first-order valence-corrected chi connectivity index (χ1v) is 10.4. The molecule has 0 N–H and O–H groups in total. The largest absolute Gasteiger partial charge is 0.495 e. The van der Waals surface area contributed by atoms with Crippen LogP contribution in [-0.4, -0.2) is 85.6 Å². The highest BCUT2D eigenvalue weighted by Gasteiger charge is 2.45. The van der Waals surface area contributed by atoms with E-state index in [1.54, 1.807) is 12.0 Å². The highest BCUT2D eigenvalue weighted by atomic mass is 16.5. The molecular formula is C21H30N4O3. The highest BCUT2D eigenvalue weighted by molar-refractivity contribution is 6.04. The van der Waals surface area contributed by atoms with Crippen molar-refractivity contribution in [3.8, 4) is 5.75 Å². The van der Waals surface area contributed by atoms with Gasteiger partial charge in [0.1, 0.15) is 11.8 Å². The first-order chi connectivity index (χ1) is 13.7. The van der Waals surface area contributed by atoms with Crippen molar-refractivity contribution in [1.29, 1.82) is 0 Å². The van der Waals surface area contributed by atoms with Gasteiger partial charge in [-0.2, -0.15) is 0 Å². The van der Waals surface area contributed by atoms with E-state index >= 15 is 0 Å². The Morgan fingerprint density at radius 2 is 1.79 bits per heavy atom. The molecule has 3 saturated heterocycles. The van der Waals surface area contributed by atoms with Crippen molar-refractivity contribution in [3.05, 3.63) is 24.3 Å². The SMILES string of the molecule is COc1ccccc1N1CCN(CCCN2C(=O)[C@H]3CCCCN3C2=O)CC1. The Morgan fingerprint density at radius 1 is 1.00 bits per heavy atom. The number of hydrogen-bond donors (Lipinski definition) is 0. The van der Waals surface area contributed by atoms with Crippen molar-refractivity contribution < 1.29 is 14.3 Å². The van der Waals surface area contributed by atoms with Gasteiger partial charge in [-0.1, -0.05) is 12.1 Å². The van der Waals surface area contributed by atoms with E-state index in [1.165, 1.54) is 4.90 Å². The van der Waals surface area contributed by atoms with Gasteiger partial charge in [0.25, 0.3) is 5.91 Å². The molecule has 3 aliphatic rings. The fourth-order valence-electron chi connectivity index (χ4n) is 4.61. The standard InChI is InChI=1S/C21H30N4O3/c1-28-19-9-3-2-7-17(19)23-15-13-22(14-16-23)10-6-12-25-20(26)18-8-4-5-11-24(18)21(25)27/h2-3,7,9,18H,4-6,8,10-16H2,1H3/t18-/m1/s1. The Hall–Kier alpha value is -2.28. The number of amides is 3. The molecule has 1 aromatic rings. The van der Waals surface area contributed by atoms with Gasteiger partial charge in [0.05, 0.1) is 12.8 Å². The number of ether oxygens (including phenoxy) is 1. The van der Waals surface area contributed by atoms with E-state index in [9.17, 15) is 9.59 Å². The molecule has 0 bridgehead atoms. The summed E-state index contributed by atoms with van der Waals surface area (Å²) in [4.78, 5) is 33.1. The van der Waals surface area contributed by atoms with Crippen LogP contribution in [0.25, 0.3) is 0 Å². The van der Waals surface area contributed by atoms with E-state index in [0.29, 0.717) is 6.54 Å². The van der Waals surface area contributed by atoms with Gasteiger partial charge in [-0.3, -0.25) is 14.6 Å². The Kier molecular flexibility index (Phi) is 5.71. The van der Waals surface area contributed by atoms with Crippen LogP contribution in [0.3, 0.4) is 0 Å². The van der Waals surface area contributed by atoms with Crippen LogP contribution in [0.2, 0.25) is 0 Å². The van der Waals surface area contributed by atoms with Crippen molar-refractivity contribution in [3.63, 3.8) is 0 Å². The van der Waals surface area contributed by atoms with Crippen LogP contribution in [0.5, 0.6) is 5.75 Å². The second kappa shape index (κ2) is 8.39. The van der Waals surface area contributed by atoms with Crippen molar-refractivity contribution in [2.45, 2.75) is 31.7 Å². The molecule has 7 heteroatoms. The Labute approximate surface area is 166 Å². The number of fused-ring (bicyclic) bond motifs is 1. The minimum absolute atomic E-state index is 0.0192. The molecule has 1 aromatic carbocycles. The van der Waals surface area contributed by atoms with Gasteiger partial charge in [0, 0.05) is 39.3 Å². The number of para-hydroxylation sites is 2. The molecule has 0 saturated carbocycles. The summed E-state index contributed by atoms with van der Waals surface area (Å²) in [5, 5.41) is 0. The summed E-state index contributed by atoms with van der Waals surface area (Å²) in [7, 11) is 1.71. The summed E-state index contributed by atoms with van der Waals surface area (Å²) in [6.45, 7) is 6.06. The topological polar surface area (TPSA) is 56.3 Å². The Balaban J connectivity index is 1.24. The summed E-state index contributed by atoms with van der Waals surface area (Å²) in [6, 6.07) is 7.88. The van der Waals surface area contributed by atoms with Gasteiger partial charge in [0.15, 0.2) is 0 Å². The lowest BCUT2D eigenvalue weighted by molar-refractivity contribution is -0.128. The molecule has 0 aromatic heterocycles. The molecule has 0 spiro atoms. The molecule has 0 radical (unpaired) electrons. The number of carbonyl (C=O) groups excluding carboxylic acids is 2. The maximum atomic E-state index is 12.5. The number of piperazine rings is 1. The fourth-order valence-corrected chi connectivity index (χ4v) is 4.61. The van der Waals surface area contributed by atoms with Crippen molar-refractivity contribution in [2.24, 2.45) is 0 Å². The van der Waals surface area contributed by atoms with Gasteiger partial charge in [0.2, 0.25) is 0 Å². The minimum atomic E-state index is -0.189. The van der Waals surface area contributed by atoms with Gasteiger partial charge < -0.3 is 14.5 Å². The highest BCUT2D eigenvalue weighted by Crippen LogP contribution is 2.29. The van der Waals surface area contributed by atoms with E-state index in [-0.39, 0.29) is 18.0 Å². The van der Waals surface area contributed by atoms with Crippen LogP contribution in [0.1, 0.15) is 25.7 Å². The molecule has 0 aliphatic carbocycles. The number of piperidine rings is 1. The van der Waals surface area contributed by atoms with Crippen LogP contribution in [0.4, 0.5) is 10.5 Å². The number of rotatable bonds is 6. The number of imide groups is 1. The van der Waals surface area contributed by atoms with E-state index < -0.39 is 0 Å². The normalized spacial score (nSPS) is 23.3. The van der Waals surface area contributed by atoms with Crippen molar-refractivity contribution >= 4 is 17.6 Å². The number of urea groups is 1. The molecular weight excluding hydrogens is 356 g/mol. The molecule has 4 rings (SSSR count). The second-order valence-corrected chi connectivity index (χ2v) is 7.83. The monoisotopic (exact) mass is 386 g/mol. The third-order valence-corrected chi connectivity index (χ3v) is 6.18. The number of anilines is 1. The summed E-state index contributed by atoms with van der Waals surface area (Å²) in [6.07, 6.45) is 3.73. The predicted molar refractivity (Wildman–Crippen MR) is 108 cm³/mol. The zero-order chi connectivity index (χ0) is 19.5. The zero-order valence-electron chi connectivity index (χ0n) is 16.7. The third-order valence-electron chi connectivity index (χ3n) is 6.18. The summed E-state index contributed by atoms with van der Waals surface area (Å²) in [5.74, 6) is 0.934. The molecule has 3 aliphatic heterocycles. The number of carbonyl (C=O) groups is 2.